The van der Waals surface area contributed by atoms with Crippen molar-refractivity contribution in [2.75, 3.05) is 0 Å². The summed E-state index contributed by atoms with van der Waals surface area (Å²) >= 11 is 3.65. The fourth-order valence-corrected chi connectivity index (χ4v) is 3.20. The average Bonchev–Trinajstić information content (AvgIpc) is 1.99. The molecule has 0 heterocycles. The molecule has 0 spiro atoms. The van der Waals surface area contributed by atoms with E-state index in [0.29, 0.717) is 4.83 Å². The van der Waals surface area contributed by atoms with Crippen molar-refractivity contribution in [3.8, 4) is 0 Å². The van der Waals surface area contributed by atoms with Crippen LogP contribution in [0.2, 0.25) is 0 Å². The molecule has 0 radical (unpaired) electrons. The third-order valence-electron chi connectivity index (χ3n) is 2.90. The quantitative estimate of drug-likeness (QED) is 0.694. The van der Waals surface area contributed by atoms with E-state index in [4.69, 9.17) is 0 Å². The molecule has 0 fully saturated rings. The van der Waals surface area contributed by atoms with Crippen LogP contribution in [0.3, 0.4) is 0 Å². The molecule has 0 aliphatic heterocycles. The third kappa shape index (κ3) is 3.34. The average molecular weight is 269 g/mol. The van der Waals surface area contributed by atoms with Crippen LogP contribution in [0.5, 0.6) is 0 Å². The van der Waals surface area contributed by atoms with Crippen LogP contribution in [0.15, 0.2) is 18.2 Å². The highest BCUT2D eigenvalue weighted by molar-refractivity contribution is 9.09. The monoisotopic (exact) mass is 268 g/mol. The van der Waals surface area contributed by atoms with Gasteiger partial charge in [0, 0.05) is 4.83 Å². The molecule has 1 aromatic rings. The molecule has 1 aromatic carbocycles. The summed E-state index contributed by atoms with van der Waals surface area (Å²) in [5.41, 5.74) is 4.48. The number of benzene rings is 1. The molecule has 0 amide bonds. The molecule has 0 saturated carbocycles. The Balaban J connectivity index is 3.04. The number of halogens is 1. The van der Waals surface area contributed by atoms with Gasteiger partial charge in [0.25, 0.3) is 0 Å². The van der Waals surface area contributed by atoms with Gasteiger partial charge in [0.2, 0.25) is 0 Å². The van der Waals surface area contributed by atoms with Gasteiger partial charge in [-0.15, -0.1) is 0 Å². The molecule has 0 nitrogen and oxygen atoms in total. The zero-order chi connectivity index (χ0) is 11.6. The van der Waals surface area contributed by atoms with E-state index in [1.54, 1.807) is 0 Å². The maximum atomic E-state index is 3.65. The van der Waals surface area contributed by atoms with E-state index >= 15 is 0 Å². The Hall–Kier alpha value is -0.300. The molecule has 1 unspecified atom stereocenters. The van der Waals surface area contributed by atoms with E-state index in [1.165, 1.54) is 16.7 Å². The third-order valence-corrected chi connectivity index (χ3v) is 3.23. The zero-order valence-corrected chi connectivity index (χ0v) is 12.0. The van der Waals surface area contributed by atoms with Crippen molar-refractivity contribution in [3.63, 3.8) is 0 Å². The standard InChI is InChI=1S/C14H21Br/c1-10-6-7-13(11(2)8-10)14(4,5)9-12(3)15/h6-8,12H,9H2,1-5H3. The predicted octanol–water partition coefficient (Wildman–Crippen LogP) is 4.75. The molecule has 1 heteroatoms. The molecule has 0 bridgehead atoms. The summed E-state index contributed by atoms with van der Waals surface area (Å²) in [6, 6.07) is 6.76. The second-order valence-electron chi connectivity index (χ2n) is 5.19. The molecule has 1 atom stereocenters. The van der Waals surface area contributed by atoms with Gasteiger partial charge in [-0.1, -0.05) is 60.5 Å². The number of rotatable bonds is 3. The van der Waals surface area contributed by atoms with Gasteiger partial charge >= 0.3 is 0 Å². The number of hydrogen-bond acceptors (Lipinski definition) is 0. The maximum Gasteiger partial charge on any atom is 0.0125 e. The summed E-state index contributed by atoms with van der Waals surface area (Å²) in [6.07, 6.45) is 1.16. The summed E-state index contributed by atoms with van der Waals surface area (Å²) in [6.45, 7) is 11.2. The first-order chi connectivity index (χ1) is 6.83. The van der Waals surface area contributed by atoms with Crippen LogP contribution in [0.25, 0.3) is 0 Å². The van der Waals surface area contributed by atoms with E-state index < -0.39 is 0 Å². The van der Waals surface area contributed by atoms with Gasteiger partial charge in [0.1, 0.15) is 0 Å². The van der Waals surface area contributed by atoms with Gasteiger partial charge in [-0.2, -0.15) is 0 Å². The molecular formula is C14H21Br. The summed E-state index contributed by atoms with van der Waals surface area (Å²) in [5.74, 6) is 0. The minimum Gasteiger partial charge on any atom is -0.0893 e. The largest absolute Gasteiger partial charge is 0.0893 e. The van der Waals surface area contributed by atoms with E-state index in [1.807, 2.05) is 0 Å². The summed E-state index contributed by atoms with van der Waals surface area (Å²) < 4.78 is 0. The Morgan fingerprint density at radius 3 is 2.33 bits per heavy atom. The first-order valence-corrected chi connectivity index (χ1v) is 6.46. The van der Waals surface area contributed by atoms with Gasteiger partial charge in [-0.3, -0.25) is 0 Å². The number of hydrogen-bond donors (Lipinski definition) is 0. The maximum absolute atomic E-state index is 3.65. The molecule has 1 rings (SSSR count). The van der Waals surface area contributed by atoms with Crippen LogP contribution in [0.4, 0.5) is 0 Å². The minimum atomic E-state index is 0.251. The van der Waals surface area contributed by atoms with Crippen molar-refractivity contribution in [1.29, 1.82) is 0 Å². The number of aryl methyl sites for hydroxylation is 2. The lowest BCUT2D eigenvalue weighted by Gasteiger charge is -2.28. The summed E-state index contributed by atoms with van der Waals surface area (Å²) in [4.78, 5) is 0.563. The highest BCUT2D eigenvalue weighted by atomic mass is 79.9. The van der Waals surface area contributed by atoms with Crippen molar-refractivity contribution < 1.29 is 0 Å². The van der Waals surface area contributed by atoms with Crippen LogP contribution in [0.1, 0.15) is 43.9 Å². The first-order valence-electron chi connectivity index (χ1n) is 5.55. The Kier molecular flexibility index (Phi) is 3.99. The highest BCUT2D eigenvalue weighted by Gasteiger charge is 2.23. The van der Waals surface area contributed by atoms with Crippen LogP contribution >= 0.6 is 15.9 Å². The lowest BCUT2D eigenvalue weighted by atomic mass is 9.78. The molecule has 0 aliphatic carbocycles. The Labute approximate surface area is 102 Å². The molecule has 0 N–H and O–H groups in total. The molecule has 0 aromatic heterocycles. The van der Waals surface area contributed by atoms with Gasteiger partial charge in [0.15, 0.2) is 0 Å². The van der Waals surface area contributed by atoms with Crippen molar-refractivity contribution >= 4 is 15.9 Å². The Morgan fingerprint density at radius 1 is 1.27 bits per heavy atom. The van der Waals surface area contributed by atoms with Crippen molar-refractivity contribution in [1.82, 2.24) is 0 Å². The molecular weight excluding hydrogens is 248 g/mol. The second kappa shape index (κ2) is 4.69. The summed E-state index contributed by atoms with van der Waals surface area (Å²) in [7, 11) is 0. The van der Waals surface area contributed by atoms with Gasteiger partial charge in [-0.05, 0) is 36.8 Å². The Bertz CT molecular complexity index is 337. The van der Waals surface area contributed by atoms with E-state index in [0.717, 1.165) is 6.42 Å². The zero-order valence-electron chi connectivity index (χ0n) is 10.4. The highest BCUT2D eigenvalue weighted by Crippen LogP contribution is 2.32. The molecule has 15 heavy (non-hydrogen) atoms. The van der Waals surface area contributed by atoms with Crippen LogP contribution in [-0.4, -0.2) is 4.83 Å². The second-order valence-corrected chi connectivity index (χ2v) is 6.75. The number of alkyl halides is 1. The van der Waals surface area contributed by atoms with Crippen LogP contribution in [0, 0.1) is 13.8 Å². The fraction of sp³-hybridized carbons (Fsp3) is 0.571. The van der Waals surface area contributed by atoms with Crippen LogP contribution < -0.4 is 0 Å². The smallest absolute Gasteiger partial charge is 0.0125 e. The predicted molar refractivity (Wildman–Crippen MR) is 71.9 cm³/mol. The van der Waals surface area contributed by atoms with Crippen molar-refractivity contribution in [2.24, 2.45) is 0 Å². The lowest BCUT2D eigenvalue weighted by Crippen LogP contribution is -2.21. The Morgan fingerprint density at radius 2 is 1.87 bits per heavy atom. The molecule has 84 valence electrons. The van der Waals surface area contributed by atoms with Gasteiger partial charge in [-0.25, -0.2) is 0 Å². The van der Waals surface area contributed by atoms with Crippen LogP contribution in [-0.2, 0) is 5.41 Å². The van der Waals surface area contributed by atoms with E-state index in [2.05, 4.69) is 68.7 Å². The molecule has 0 saturated heterocycles. The van der Waals surface area contributed by atoms with Crippen molar-refractivity contribution in [3.05, 3.63) is 34.9 Å². The van der Waals surface area contributed by atoms with E-state index in [-0.39, 0.29) is 5.41 Å². The SMILES string of the molecule is Cc1ccc(C(C)(C)CC(C)Br)c(C)c1. The van der Waals surface area contributed by atoms with Crippen molar-refractivity contribution in [2.45, 2.75) is 51.3 Å². The topological polar surface area (TPSA) is 0 Å². The van der Waals surface area contributed by atoms with Gasteiger partial charge < -0.3 is 0 Å². The first kappa shape index (κ1) is 12.8. The fourth-order valence-electron chi connectivity index (χ4n) is 2.39. The summed E-state index contributed by atoms with van der Waals surface area (Å²) in [5, 5.41) is 0. The normalized spacial score (nSPS) is 14.0. The van der Waals surface area contributed by atoms with Gasteiger partial charge in [0.05, 0.1) is 0 Å². The molecule has 0 aliphatic rings. The van der Waals surface area contributed by atoms with E-state index in [9.17, 15) is 0 Å². The minimum absolute atomic E-state index is 0.251. The lowest BCUT2D eigenvalue weighted by molar-refractivity contribution is 0.479.